The van der Waals surface area contributed by atoms with Gasteiger partial charge in [0.2, 0.25) is 17.0 Å². The van der Waals surface area contributed by atoms with Gasteiger partial charge >= 0.3 is 5.97 Å². The third-order valence-corrected chi connectivity index (χ3v) is 5.88. The molecule has 0 saturated carbocycles. The summed E-state index contributed by atoms with van der Waals surface area (Å²) in [6.45, 7) is 3.53. The number of anilines is 1. The molecule has 0 fully saturated rings. The first-order chi connectivity index (χ1) is 16.4. The molecule has 2 aromatic heterocycles. The predicted molar refractivity (Wildman–Crippen MR) is 129 cm³/mol. The summed E-state index contributed by atoms with van der Waals surface area (Å²) in [6.07, 6.45) is 0.105. The number of carbonyl (C=O) groups excluding carboxylic acids is 2. The van der Waals surface area contributed by atoms with E-state index in [0.717, 1.165) is 16.9 Å². The van der Waals surface area contributed by atoms with Crippen LogP contribution in [0.25, 0.3) is 5.69 Å². The van der Waals surface area contributed by atoms with Gasteiger partial charge in [0, 0.05) is 22.8 Å². The highest BCUT2D eigenvalue weighted by Crippen LogP contribution is 2.16. The number of aromatic nitrogens is 3. The van der Waals surface area contributed by atoms with E-state index in [0.29, 0.717) is 16.4 Å². The molecular formula is C25H22N4O4S. The second-order valence-corrected chi connectivity index (χ2v) is 8.54. The molecule has 9 heteroatoms. The SMILES string of the molecule is Cc1ccccc1NC(=O)Cc1nc(COC(=O)c2nn(-c3ccccc3)c(C)cc2=O)cs1. The Morgan fingerprint density at radius 1 is 1.06 bits per heavy atom. The molecule has 0 aliphatic rings. The van der Waals surface area contributed by atoms with E-state index in [1.54, 1.807) is 12.3 Å². The zero-order valence-corrected chi connectivity index (χ0v) is 19.5. The number of rotatable bonds is 7. The van der Waals surface area contributed by atoms with Crippen LogP contribution in [0.15, 0.2) is 70.8 Å². The number of aryl methyl sites for hydroxylation is 2. The highest BCUT2D eigenvalue weighted by atomic mass is 32.1. The molecule has 1 N–H and O–H groups in total. The van der Waals surface area contributed by atoms with Crippen molar-refractivity contribution in [2.24, 2.45) is 0 Å². The lowest BCUT2D eigenvalue weighted by atomic mass is 10.2. The first-order valence-corrected chi connectivity index (χ1v) is 11.4. The first-order valence-electron chi connectivity index (χ1n) is 10.5. The van der Waals surface area contributed by atoms with Crippen molar-refractivity contribution < 1.29 is 14.3 Å². The molecule has 4 rings (SSSR count). The molecule has 0 radical (unpaired) electrons. The number of amides is 1. The zero-order chi connectivity index (χ0) is 24.1. The van der Waals surface area contributed by atoms with Crippen LogP contribution in [0.5, 0.6) is 0 Å². The van der Waals surface area contributed by atoms with Crippen molar-refractivity contribution >= 4 is 28.9 Å². The van der Waals surface area contributed by atoms with Crippen molar-refractivity contribution in [1.82, 2.24) is 14.8 Å². The van der Waals surface area contributed by atoms with Crippen LogP contribution in [-0.4, -0.2) is 26.6 Å². The van der Waals surface area contributed by atoms with Gasteiger partial charge in [0.05, 0.1) is 17.8 Å². The lowest BCUT2D eigenvalue weighted by Crippen LogP contribution is -2.24. The van der Waals surface area contributed by atoms with Crippen LogP contribution < -0.4 is 10.7 Å². The fourth-order valence-electron chi connectivity index (χ4n) is 3.27. The quantitative estimate of drug-likeness (QED) is 0.408. The summed E-state index contributed by atoms with van der Waals surface area (Å²) in [4.78, 5) is 41.6. The minimum atomic E-state index is -0.832. The molecule has 4 aromatic rings. The number of nitrogens with one attached hydrogen (secondary N) is 1. The molecule has 1 amide bonds. The summed E-state index contributed by atoms with van der Waals surface area (Å²) in [5.41, 5.74) is 2.73. The zero-order valence-electron chi connectivity index (χ0n) is 18.6. The molecular weight excluding hydrogens is 452 g/mol. The first kappa shape index (κ1) is 23.1. The Kier molecular flexibility index (Phi) is 6.93. The average molecular weight is 475 g/mol. The van der Waals surface area contributed by atoms with Crippen molar-refractivity contribution in [3.05, 3.63) is 104 Å². The second-order valence-electron chi connectivity index (χ2n) is 7.59. The topological polar surface area (TPSA) is 103 Å². The Labute approximate surface area is 199 Å². The van der Waals surface area contributed by atoms with Crippen LogP contribution >= 0.6 is 11.3 Å². The largest absolute Gasteiger partial charge is 0.454 e. The molecule has 0 unspecified atom stereocenters. The van der Waals surface area contributed by atoms with Crippen LogP contribution in [0.4, 0.5) is 5.69 Å². The molecule has 0 bridgehead atoms. The van der Waals surface area contributed by atoms with E-state index in [1.165, 1.54) is 22.1 Å². The number of esters is 1. The van der Waals surface area contributed by atoms with Crippen LogP contribution in [0.1, 0.15) is 32.4 Å². The van der Waals surface area contributed by atoms with Crippen molar-refractivity contribution in [2.45, 2.75) is 26.9 Å². The Balaban J connectivity index is 1.39. The minimum absolute atomic E-state index is 0.105. The molecule has 172 valence electrons. The third-order valence-electron chi connectivity index (χ3n) is 4.98. The summed E-state index contributed by atoms with van der Waals surface area (Å²) in [7, 11) is 0. The highest BCUT2D eigenvalue weighted by molar-refractivity contribution is 7.09. The van der Waals surface area contributed by atoms with Gasteiger partial charge in [-0.15, -0.1) is 11.3 Å². The summed E-state index contributed by atoms with van der Waals surface area (Å²) in [5, 5.41) is 9.38. The number of benzene rings is 2. The van der Waals surface area contributed by atoms with Crippen LogP contribution in [0.3, 0.4) is 0 Å². The number of hydrogen-bond acceptors (Lipinski definition) is 7. The lowest BCUT2D eigenvalue weighted by molar-refractivity contribution is -0.115. The van der Waals surface area contributed by atoms with Crippen molar-refractivity contribution in [3.8, 4) is 5.69 Å². The Morgan fingerprint density at radius 3 is 2.56 bits per heavy atom. The normalized spacial score (nSPS) is 10.6. The maximum atomic E-state index is 12.6. The standard InChI is InChI=1S/C25H22N4O4S/c1-16-8-6-7-11-20(16)27-22(31)13-23-26-18(15-34-23)14-33-25(32)24-21(30)12-17(2)29(28-24)19-9-4-3-5-10-19/h3-12,15H,13-14H2,1-2H3,(H,27,31). The van der Waals surface area contributed by atoms with Gasteiger partial charge in [0.1, 0.15) is 11.6 Å². The number of thiazole rings is 1. The summed E-state index contributed by atoms with van der Waals surface area (Å²) in [6, 6.07) is 18.1. The van der Waals surface area contributed by atoms with Gasteiger partial charge in [-0.3, -0.25) is 9.59 Å². The van der Waals surface area contributed by atoms with Gasteiger partial charge in [-0.25, -0.2) is 14.5 Å². The molecule has 2 heterocycles. The minimum Gasteiger partial charge on any atom is -0.454 e. The summed E-state index contributed by atoms with van der Waals surface area (Å²) in [5.74, 6) is -1.01. The Morgan fingerprint density at radius 2 is 1.79 bits per heavy atom. The van der Waals surface area contributed by atoms with E-state index < -0.39 is 11.4 Å². The van der Waals surface area contributed by atoms with E-state index in [4.69, 9.17) is 4.74 Å². The average Bonchev–Trinajstić information content (AvgIpc) is 3.27. The third kappa shape index (κ3) is 5.44. The van der Waals surface area contributed by atoms with Crippen LogP contribution in [-0.2, 0) is 22.6 Å². The number of para-hydroxylation sites is 2. The maximum absolute atomic E-state index is 12.6. The number of nitrogens with zero attached hydrogens (tertiary/aromatic N) is 3. The van der Waals surface area contributed by atoms with E-state index in [9.17, 15) is 14.4 Å². The van der Waals surface area contributed by atoms with Crippen molar-refractivity contribution in [1.29, 1.82) is 0 Å². The second kappa shape index (κ2) is 10.2. The van der Waals surface area contributed by atoms with Crippen LogP contribution in [0, 0.1) is 13.8 Å². The van der Waals surface area contributed by atoms with Gasteiger partial charge in [-0.1, -0.05) is 36.4 Å². The predicted octanol–water partition coefficient (Wildman–Crippen LogP) is 3.84. The molecule has 34 heavy (non-hydrogen) atoms. The fraction of sp³-hybridized carbons (Fsp3) is 0.160. The number of carbonyl (C=O) groups is 2. The van der Waals surface area contributed by atoms with E-state index in [2.05, 4.69) is 15.4 Å². The van der Waals surface area contributed by atoms with E-state index in [-0.39, 0.29) is 24.6 Å². The molecule has 2 aromatic carbocycles. The molecule has 0 aliphatic carbocycles. The molecule has 8 nitrogen and oxygen atoms in total. The number of hydrogen-bond donors (Lipinski definition) is 1. The summed E-state index contributed by atoms with van der Waals surface area (Å²) >= 11 is 1.30. The fourth-order valence-corrected chi connectivity index (χ4v) is 4.05. The molecule has 0 atom stereocenters. The number of ether oxygens (including phenoxy) is 1. The van der Waals surface area contributed by atoms with Gasteiger partial charge < -0.3 is 10.1 Å². The molecule has 0 saturated heterocycles. The molecule has 0 aliphatic heterocycles. The van der Waals surface area contributed by atoms with Crippen LogP contribution in [0.2, 0.25) is 0 Å². The molecule has 0 spiro atoms. The monoisotopic (exact) mass is 474 g/mol. The maximum Gasteiger partial charge on any atom is 0.363 e. The van der Waals surface area contributed by atoms with Gasteiger partial charge in [0.25, 0.3) is 0 Å². The highest BCUT2D eigenvalue weighted by Gasteiger charge is 2.18. The van der Waals surface area contributed by atoms with Gasteiger partial charge in [0.15, 0.2) is 0 Å². The smallest absolute Gasteiger partial charge is 0.363 e. The Hall–Kier alpha value is -4.11. The lowest BCUT2D eigenvalue weighted by Gasteiger charge is -2.10. The van der Waals surface area contributed by atoms with E-state index >= 15 is 0 Å². The van der Waals surface area contributed by atoms with Crippen molar-refractivity contribution in [2.75, 3.05) is 5.32 Å². The van der Waals surface area contributed by atoms with E-state index in [1.807, 2.05) is 61.5 Å². The van der Waals surface area contributed by atoms with Gasteiger partial charge in [-0.05, 0) is 37.6 Å². The van der Waals surface area contributed by atoms with Crippen molar-refractivity contribution in [3.63, 3.8) is 0 Å². The summed E-state index contributed by atoms with van der Waals surface area (Å²) < 4.78 is 6.80. The van der Waals surface area contributed by atoms with Gasteiger partial charge in [-0.2, -0.15) is 5.10 Å². The Bertz CT molecular complexity index is 1400.